The molecule has 3 aromatic rings. The monoisotopic (exact) mass is 401 g/mol. The van der Waals surface area contributed by atoms with Crippen LogP contribution in [0.3, 0.4) is 0 Å². The average molecular weight is 402 g/mol. The van der Waals surface area contributed by atoms with E-state index in [0.717, 1.165) is 50.0 Å². The third-order valence-electron chi connectivity index (χ3n) is 6.73. The average Bonchev–Trinajstić information content (AvgIpc) is 3.48. The second kappa shape index (κ2) is 8.03. The van der Waals surface area contributed by atoms with E-state index in [9.17, 15) is 4.79 Å². The van der Waals surface area contributed by atoms with Gasteiger partial charge in [0.25, 0.3) is 5.91 Å². The predicted octanol–water partition coefficient (Wildman–Crippen LogP) is 2.97. The van der Waals surface area contributed by atoms with Crippen LogP contribution < -0.4 is 0 Å². The molecule has 6 nitrogen and oxygen atoms in total. The molecule has 0 saturated carbocycles. The van der Waals surface area contributed by atoms with Gasteiger partial charge >= 0.3 is 0 Å². The summed E-state index contributed by atoms with van der Waals surface area (Å²) in [4.78, 5) is 21.5. The van der Waals surface area contributed by atoms with Crippen molar-refractivity contribution in [3.05, 3.63) is 77.9 Å². The number of benzene rings is 2. The van der Waals surface area contributed by atoms with E-state index in [4.69, 9.17) is 0 Å². The van der Waals surface area contributed by atoms with Gasteiger partial charge in [-0.1, -0.05) is 24.3 Å². The standard InChI is InChI=1S/C24H27N5O/c1-27(23-14-19-4-2-3-5-20(19)15-23)21-10-12-28(13-11-21)24(30)18-6-8-22(9-7-18)29-17-25-16-26-29/h2-9,16-17,21,23H,10-15H2,1H3. The summed E-state index contributed by atoms with van der Waals surface area (Å²) >= 11 is 0. The molecule has 2 aliphatic rings. The fourth-order valence-electron chi connectivity index (χ4n) is 4.88. The predicted molar refractivity (Wildman–Crippen MR) is 116 cm³/mol. The fraction of sp³-hybridized carbons (Fsp3) is 0.375. The van der Waals surface area contributed by atoms with Gasteiger partial charge in [-0.25, -0.2) is 9.67 Å². The van der Waals surface area contributed by atoms with E-state index in [2.05, 4.69) is 46.3 Å². The van der Waals surface area contributed by atoms with Gasteiger partial charge in [0.15, 0.2) is 0 Å². The molecule has 6 heteroatoms. The molecule has 1 saturated heterocycles. The normalized spacial score (nSPS) is 17.5. The Balaban J connectivity index is 1.17. The first kappa shape index (κ1) is 19.0. The maximum absolute atomic E-state index is 13.0. The van der Waals surface area contributed by atoms with Crippen LogP contribution in [0.2, 0.25) is 0 Å². The number of likely N-dealkylation sites (tertiary alicyclic amines) is 1. The molecule has 154 valence electrons. The first-order chi connectivity index (χ1) is 14.7. The summed E-state index contributed by atoms with van der Waals surface area (Å²) in [6.07, 6.45) is 7.51. The number of rotatable bonds is 4. The van der Waals surface area contributed by atoms with Crippen LogP contribution in [0.15, 0.2) is 61.2 Å². The van der Waals surface area contributed by atoms with Gasteiger partial charge < -0.3 is 4.90 Å². The lowest BCUT2D eigenvalue weighted by atomic mass is 10.00. The molecule has 2 heterocycles. The molecule has 5 rings (SSSR count). The summed E-state index contributed by atoms with van der Waals surface area (Å²) in [5, 5.41) is 4.13. The number of hydrogen-bond acceptors (Lipinski definition) is 4. The molecule has 0 atom stereocenters. The highest BCUT2D eigenvalue weighted by Crippen LogP contribution is 2.28. The Bertz CT molecular complexity index is 981. The summed E-state index contributed by atoms with van der Waals surface area (Å²) < 4.78 is 1.69. The van der Waals surface area contributed by atoms with Crippen molar-refractivity contribution in [2.24, 2.45) is 0 Å². The number of nitrogens with zero attached hydrogens (tertiary/aromatic N) is 5. The highest BCUT2D eigenvalue weighted by Gasteiger charge is 2.32. The van der Waals surface area contributed by atoms with E-state index in [1.54, 1.807) is 11.0 Å². The maximum atomic E-state index is 13.0. The van der Waals surface area contributed by atoms with Crippen LogP contribution in [0.1, 0.15) is 34.3 Å². The van der Waals surface area contributed by atoms with Crippen molar-refractivity contribution in [3.63, 3.8) is 0 Å². The van der Waals surface area contributed by atoms with Gasteiger partial charge in [-0.05, 0) is 68.1 Å². The second-order valence-electron chi connectivity index (χ2n) is 8.41. The Morgan fingerprint density at radius 3 is 2.23 bits per heavy atom. The van der Waals surface area contributed by atoms with Crippen LogP contribution in [0.4, 0.5) is 0 Å². The lowest BCUT2D eigenvalue weighted by Gasteiger charge is -2.39. The Labute approximate surface area is 177 Å². The molecule has 0 radical (unpaired) electrons. The SMILES string of the molecule is CN(C1CCN(C(=O)c2ccc(-n3cncn3)cc2)CC1)C1Cc2ccccc2C1. The van der Waals surface area contributed by atoms with Crippen molar-refractivity contribution in [2.75, 3.05) is 20.1 Å². The van der Waals surface area contributed by atoms with Crippen molar-refractivity contribution < 1.29 is 4.79 Å². The van der Waals surface area contributed by atoms with Crippen molar-refractivity contribution in [3.8, 4) is 5.69 Å². The number of amides is 1. The van der Waals surface area contributed by atoms with Crippen molar-refractivity contribution in [2.45, 2.75) is 37.8 Å². The zero-order valence-electron chi connectivity index (χ0n) is 17.3. The molecule has 2 aromatic carbocycles. The number of hydrogen-bond donors (Lipinski definition) is 0. The molecule has 1 aliphatic carbocycles. The first-order valence-electron chi connectivity index (χ1n) is 10.7. The van der Waals surface area contributed by atoms with Gasteiger partial charge in [0.05, 0.1) is 5.69 Å². The van der Waals surface area contributed by atoms with Gasteiger partial charge in [0, 0.05) is 30.7 Å². The molecule has 1 aliphatic heterocycles. The Morgan fingerprint density at radius 2 is 1.63 bits per heavy atom. The highest BCUT2D eigenvalue weighted by atomic mass is 16.2. The van der Waals surface area contributed by atoms with Gasteiger partial charge in [-0.3, -0.25) is 9.69 Å². The number of carbonyl (C=O) groups is 1. The zero-order valence-corrected chi connectivity index (χ0v) is 17.3. The van der Waals surface area contributed by atoms with Crippen molar-refractivity contribution >= 4 is 5.91 Å². The van der Waals surface area contributed by atoms with E-state index in [-0.39, 0.29) is 5.91 Å². The third kappa shape index (κ3) is 3.63. The highest BCUT2D eigenvalue weighted by molar-refractivity contribution is 5.94. The Morgan fingerprint density at radius 1 is 0.967 bits per heavy atom. The minimum absolute atomic E-state index is 0.120. The molecule has 0 spiro atoms. The van der Waals surface area contributed by atoms with Crippen LogP contribution in [0, 0.1) is 0 Å². The number of fused-ring (bicyclic) bond motifs is 1. The van der Waals surface area contributed by atoms with E-state index < -0.39 is 0 Å². The van der Waals surface area contributed by atoms with Crippen LogP contribution >= 0.6 is 0 Å². The lowest BCUT2D eigenvalue weighted by molar-refractivity contribution is 0.0603. The van der Waals surface area contributed by atoms with Gasteiger partial charge in [-0.15, -0.1) is 0 Å². The van der Waals surface area contributed by atoms with E-state index in [0.29, 0.717) is 12.1 Å². The zero-order chi connectivity index (χ0) is 20.5. The molecule has 0 bridgehead atoms. The van der Waals surface area contributed by atoms with Crippen LogP contribution in [0.25, 0.3) is 5.69 Å². The van der Waals surface area contributed by atoms with Gasteiger partial charge in [-0.2, -0.15) is 5.10 Å². The Kier molecular flexibility index (Phi) is 5.09. The molecular formula is C24H27N5O. The Hall–Kier alpha value is -2.99. The summed E-state index contributed by atoms with van der Waals surface area (Å²) in [7, 11) is 2.27. The quantitative estimate of drug-likeness (QED) is 0.675. The summed E-state index contributed by atoms with van der Waals surface area (Å²) in [6, 6.07) is 17.5. The number of carbonyl (C=O) groups excluding carboxylic acids is 1. The molecule has 1 fully saturated rings. The van der Waals surface area contributed by atoms with Crippen LogP contribution in [-0.2, 0) is 12.8 Å². The van der Waals surface area contributed by atoms with E-state index >= 15 is 0 Å². The summed E-state index contributed by atoms with van der Waals surface area (Å²) in [5.74, 6) is 0.120. The topological polar surface area (TPSA) is 54.3 Å². The minimum Gasteiger partial charge on any atom is -0.339 e. The van der Waals surface area contributed by atoms with E-state index in [1.165, 1.54) is 17.5 Å². The first-order valence-corrected chi connectivity index (χ1v) is 10.7. The number of aromatic nitrogens is 3. The van der Waals surface area contributed by atoms with Crippen LogP contribution in [-0.4, -0.2) is 62.7 Å². The molecule has 30 heavy (non-hydrogen) atoms. The molecule has 0 N–H and O–H groups in total. The van der Waals surface area contributed by atoms with E-state index in [1.807, 2.05) is 29.2 Å². The van der Waals surface area contributed by atoms with Crippen molar-refractivity contribution in [1.82, 2.24) is 24.6 Å². The molecule has 0 unspecified atom stereocenters. The lowest BCUT2D eigenvalue weighted by Crippen LogP contribution is -2.48. The van der Waals surface area contributed by atoms with Gasteiger partial charge in [0.2, 0.25) is 0 Å². The van der Waals surface area contributed by atoms with Crippen LogP contribution in [0.5, 0.6) is 0 Å². The molecular weight excluding hydrogens is 374 g/mol. The summed E-state index contributed by atoms with van der Waals surface area (Å²) in [6.45, 7) is 1.64. The fourth-order valence-corrected chi connectivity index (χ4v) is 4.88. The van der Waals surface area contributed by atoms with Gasteiger partial charge in [0.1, 0.15) is 12.7 Å². The number of likely N-dealkylation sites (N-methyl/N-ethyl adjacent to an activating group) is 1. The van der Waals surface area contributed by atoms with Crippen molar-refractivity contribution in [1.29, 1.82) is 0 Å². The molecule has 1 aromatic heterocycles. The second-order valence-corrected chi connectivity index (χ2v) is 8.41. The largest absolute Gasteiger partial charge is 0.339 e. The minimum atomic E-state index is 0.120. The third-order valence-corrected chi connectivity index (χ3v) is 6.73. The number of piperidine rings is 1. The smallest absolute Gasteiger partial charge is 0.253 e. The maximum Gasteiger partial charge on any atom is 0.253 e. The molecule has 1 amide bonds. The summed E-state index contributed by atoms with van der Waals surface area (Å²) in [5.41, 5.74) is 4.63.